The quantitative estimate of drug-likeness (QED) is 0.459. The van der Waals surface area contributed by atoms with Crippen LogP contribution in [-0.2, 0) is 6.42 Å². The van der Waals surface area contributed by atoms with E-state index in [1.54, 1.807) is 12.1 Å². The normalized spacial score (nSPS) is 19.5. The molecule has 1 aliphatic rings. The van der Waals surface area contributed by atoms with Gasteiger partial charge in [0.2, 0.25) is 0 Å². The molecule has 3 rings (SSSR count). The molecular formula is C19H23ClN2O3. The molecule has 2 aromatic carbocycles. The Hall–Kier alpha value is -2.11. The molecule has 0 bridgehead atoms. The van der Waals surface area contributed by atoms with Crippen molar-refractivity contribution in [2.24, 2.45) is 0 Å². The molecule has 0 unspecified atom stereocenters. The Bertz CT molecular complexity index is 719. The van der Waals surface area contributed by atoms with Gasteiger partial charge in [0, 0.05) is 24.6 Å². The predicted molar refractivity (Wildman–Crippen MR) is 101 cm³/mol. The molecule has 2 atom stereocenters. The van der Waals surface area contributed by atoms with E-state index in [-0.39, 0.29) is 24.2 Å². The molecule has 0 fully saturated rings. The van der Waals surface area contributed by atoms with Crippen LogP contribution in [0.15, 0.2) is 48.5 Å². The second-order valence-corrected chi connectivity index (χ2v) is 6.45. The Kier molecular flexibility index (Phi) is 6.39. The lowest BCUT2D eigenvalue weighted by molar-refractivity contribution is -0.384. The average Bonchev–Trinajstić information content (AvgIpc) is 2.76. The number of hydrogen-bond acceptors (Lipinski definition) is 4. The van der Waals surface area contributed by atoms with E-state index in [0.29, 0.717) is 11.8 Å². The summed E-state index contributed by atoms with van der Waals surface area (Å²) in [5.74, 6) is 0.666. The minimum absolute atomic E-state index is 0. The fourth-order valence-electron chi connectivity index (χ4n) is 3.28. The Morgan fingerprint density at radius 2 is 1.80 bits per heavy atom. The van der Waals surface area contributed by atoms with Crippen molar-refractivity contribution in [1.29, 1.82) is 0 Å². The monoisotopic (exact) mass is 362 g/mol. The van der Waals surface area contributed by atoms with Crippen LogP contribution in [0.4, 0.5) is 5.69 Å². The van der Waals surface area contributed by atoms with E-state index in [1.165, 1.54) is 23.3 Å². The van der Waals surface area contributed by atoms with Gasteiger partial charge in [-0.05, 0) is 50.2 Å². The first-order valence-corrected chi connectivity index (χ1v) is 8.20. The number of nitro benzene ring substituents is 1. The summed E-state index contributed by atoms with van der Waals surface area (Å²) in [5.41, 5.74) is 2.63. The van der Waals surface area contributed by atoms with Gasteiger partial charge in [-0.3, -0.25) is 10.1 Å². The summed E-state index contributed by atoms with van der Waals surface area (Å²) >= 11 is 0. The number of non-ortho nitro benzene ring substituents is 1. The number of halogens is 1. The van der Waals surface area contributed by atoms with Gasteiger partial charge in [-0.25, -0.2) is 0 Å². The maximum atomic E-state index is 10.8. The van der Waals surface area contributed by atoms with Gasteiger partial charge < -0.3 is 9.64 Å². The van der Waals surface area contributed by atoms with E-state index in [0.717, 1.165) is 19.3 Å². The van der Waals surface area contributed by atoms with Gasteiger partial charge in [-0.15, -0.1) is 12.4 Å². The molecule has 0 saturated heterocycles. The first kappa shape index (κ1) is 19.2. The molecule has 25 heavy (non-hydrogen) atoms. The Morgan fingerprint density at radius 1 is 1.12 bits per heavy atom. The van der Waals surface area contributed by atoms with E-state index in [4.69, 9.17) is 4.74 Å². The number of nitrogens with zero attached hydrogens (tertiary/aromatic N) is 2. The molecule has 2 aromatic rings. The molecule has 0 amide bonds. The van der Waals surface area contributed by atoms with Crippen LogP contribution in [0.25, 0.3) is 0 Å². The fourth-order valence-corrected chi connectivity index (χ4v) is 3.28. The molecule has 134 valence electrons. The molecule has 0 heterocycles. The Labute approximate surface area is 154 Å². The summed E-state index contributed by atoms with van der Waals surface area (Å²) in [6.07, 6.45) is 3.00. The third-order valence-electron chi connectivity index (χ3n) is 4.69. The topological polar surface area (TPSA) is 55.6 Å². The largest absolute Gasteiger partial charge is 0.486 e. The third-order valence-corrected chi connectivity index (χ3v) is 4.69. The Morgan fingerprint density at radius 3 is 2.44 bits per heavy atom. The van der Waals surface area contributed by atoms with Crippen molar-refractivity contribution < 1.29 is 9.66 Å². The van der Waals surface area contributed by atoms with Crippen molar-refractivity contribution in [3.63, 3.8) is 0 Å². The highest BCUT2D eigenvalue weighted by Gasteiger charge is 2.27. The molecule has 6 heteroatoms. The lowest BCUT2D eigenvalue weighted by atomic mass is 10.0. The maximum absolute atomic E-state index is 10.8. The number of ether oxygens (including phenoxy) is 1. The molecule has 0 saturated carbocycles. The highest BCUT2D eigenvalue weighted by atomic mass is 35.5. The van der Waals surface area contributed by atoms with Crippen molar-refractivity contribution >= 4 is 18.1 Å². The molecule has 5 nitrogen and oxygen atoms in total. The van der Waals surface area contributed by atoms with Crippen LogP contribution in [0.3, 0.4) is 0 Å². The second-order valence-electron chi connectivity index (χ2n) is 6.45. The van der Waals surface area contributed by atoms with E-state index in [9.17, 15) is 10.1 Å². The van der Waals surface area contributed by atoms with E-state index in [1.807, 2.05) is 6.07 Å². The summed E-state index contributed by atoms with van der Waals surface area (Å²) in [6, 6.07) is 15.2. The van der Waals surface area contributed by atoms with Crippen LogP contribution < -0.4 is 4.74 Å². The smallest absolute Gasteiger partial charge is 0.269 e. The standard InChI is InChI=1S/C19H22N2O3.ClH/c1-20(2)16-8-7-14-5-3-4-6-18(14)19(13-16)24-17-11-9-15(10-12-17)21(22)23;/h3-6,9-12,16,19H,7-8,13H2,1-2H3;1H/t16-,19+;/m0./s1. The average molecular weight is 363 g/mol. The summed E-state index contributed by atoms with van der Waals surface area (Å²) in [6.45, 7) is 0. The highest BCUT2D eigenvalue weighted by Crippen LogP contribution is 2.34. The van der Waals surface area contributed by atoms with Crippen molar-refractivity contribution in [2.45, 2.75) is 31.4 Å². The molecule has 0 radical (unpaired) electrons. The third kappa shape index (κ3) is 4.50. The lowest BCUT2D eigenvalue weighted by Gasteiger charge is -2.27. The molecular weight excluding hydrogens is 340 g/mol. The molecule has 0 aromatic heterocycles. The SMILES string of the molecule is CN(C)[C@H]1CCc2ccccc2[C@H](Oc2ccc([N+](=O)[O-])cc2)C1.Cl. The zero-order valence-electron chi connectivity index (χ0n) is 14.4. The van der Waals surface area contributed by atoms with Gasteiger partial charge in [-0.2, -0.15) is 0 Å². The van der Waals surface area contributed by atoms with Crippen LogP contribution in [0.2, 0.25) is 0 Å². The van der Waals surface area contributed by atoms with Gasteiger partial charge in [-0.1, -0.05) is 24.3 Å². The van der Waals surface area contributed by atoms with Crippen LogP contribution >= 0.6 is 12.4 Å². The number of fused-ring (bicyclic) bond motifs is 1. The number of rotatable bonds is 4. The van der Waals surface area contributed by atoms with Crippen LogP contribution in [0.5, 0.6) is 5.75 Å². The van der Waals surface area contributed by atoms with E-state index >= 15 is 0 Å². The first-order chi connectivity index (χ1) is 11.5. The van der Waals surface area contributed by atoms with Crippen LogP contribution in [0.1, 0.15) is 30.1 Å². The summed E-state index contributed by atoms with van der Waals surface area (Å²) < 4.78 is 6.23. The van der Waals surface area contributed by atoms with Gasteiger partial charge in [0.15, 0.2) is 0 Å². The van der Waals surface area contributed by atoms with Crippen LogP contribution in [0, 0.1) is 10.1 Å². The van der Waals surface area contributed by atoms with Crippen LogP contribution in [-0.4, -0.2) is 30.0 Å². The number of nitro groups is 1. The number of benzene rings is 2. The first-order valence-electron chi connectivity index (χ1n) is 8.20. The van der Waals surface area contributed by atoms with Gasteiger partial charge in [0.1, 0.15) is 11.9 Å². The van der Waals surface area contributed by atoms with Crippen molar-refractivity contribution in [3.8, 4) is 5.75 Å². The summed E-state index contributed by atoms with van der Waals surface area (Å²) in [7, 11) is 4.20. The summed E-state index contributed by atoms with van der Waals surface area (Å²) in [4.78, 5) is 12.6. The minimum Gasteiger partial charge on any atom is -0.486 e. The zero-order chi connectivity index (χ0) is 17.1. The minimum atomic E-state index is -0.396. The molecule has 1 aliphatic carbocycles. The summed E-state index contributed by atoms with van der Waals surface area (Å²) in [5, 5.41) is 10.8. The fraction of sp³-hybridized carbons (Fsp3) is 0.368. The van der Waals surface area contributed by atoms with Crippen molar-refractivity contribution in [1.82, 2.24) is 4.90 Å². The van der Waals surface area contributed by atoms with Gasteiger partial charge in [0.25, 0.3) is 5.69 Å². The van der Waals surface area contributed by atoms with E-state index < -0.39 is 4.92 Å². The van der Waals surface area contributed by atoms with Crippen molar-refractivity contribution in [2.75, 3.05) is 14.1 Å². The second kappa shape index (κ2) is 8.32. The van der Waals surface area contributed by atoms with E-state index in [2.05, 4.69) is 37.2 Å². The molecule has 0 spiro atoms. The van der Waals surface area contributed by atoms with Gasteiger partial charge >= 0.3 is 0 Å². The van der Waals surface area contributed by atoms with Crippen molar-refractivity contribution in [3.05, 3.63) is 69.8 Å². The maximum Gasteiger partial charge on any atom is 0.269 e. The Balaban J connectivity index is 0.00000225. The lowest BCUT2D eigenvalue weighted by Crippen LogP contribution is -2.30. The number of hydrogen-bond donors (Lipinski definition) is 0. The number of aryl methyl sites for hydroxylation is 1. The molecule has 0 aliphatic heterocycles. The zero-order valence-corrected chi connectivity index (χ0v) is 15.2. The predicted octanol–water partition coefficient (Wildman–Crippen LogP) is 4.40. The highest BCUT2D eigenvalue weighted by molar-refractivity contribution is 5.85. The molecule has 0 N–H and O–H groups in total. The van der Waals surface area contributed by atoms with Gasteiger partial charge in [0.05, 0.1) is 4.92 Å².